The van der Waals surface area contributed by atoms with Crippen molar-refractivity contribution in [3.05, 3.63) is 22.3 Å². The van der Waals surface area contributed by atoms with Gasteiger partial charge in [0.2, 0.25) is 0 Å². The van der Waals surface area contributed by atoms with Crippen molar-refractivity contribution < 1.29 is 9.72 Å². The molecule has 0 saturated heterocycles. The number of nitro groups is 1. The van der Waals surface area contributed by atoms with Gasteiger partial charge in [-0.15, -0.1) is 0 Å². The molecule has 0 aromatic heterocycles. The van der Waals surface area contributed by atoms with E-state index in [-0.39, 0.29) is 0 Å². The molecule has 0 radical (unpaired) electrons. The summed E-state index contributed by atoms with van der Waals surface area (Å²) in [5.41, 5.74) is 4.75. The van der Waals surface area contributed by atoms with E-state index in [9.17, 15) is 14.9 Å². The molecular formula is C6H10N2O3. The molecule has 11 heavy (non-hydrogen) atoms. The van der Waals surface area contributed by atoms with Crippen LogP contribution < -0.4 is 5.73 Å². The highest BCUT2D eigenvalue weighted by molar-refractivity contribution is 5.80. The lowest BCUT2D eigenvalue weighted by Crippen LogP contribution is -2.33. The van der Waals surface area contributed by atoms with Crippen LogP contribution in [0.3, 0.4) is 0 Å². The zero-order valence-electron chi connectivity index (χ0n) is 6.19. The number of allylic oxidation sites excluding steroid dienone is 1. The number of carbonyl (C=O) groups excluding carboxylic acids is 1. The Morgan fingerprint density at radius 3 is 2.64 bits per heavy atom. The molecule has 0 spiro atoms. The summed E-state index contributed by atoms with van der Waals surface area (Å²) in [6, 6.07) is -1.38. The van der Waals surface area contributed by atoms with Crippen LogP contribution in [-0.2, 0) is 4.79 Å². The van der Waals surface area contributed by atoms with Gasteiger partial charge in [-0.1, -0.05) is 13.0 Å². The molecule has 1 amide bonds. The molecule has 0 heterocycles. The molecule has 0 aliphatic carbocycles. The van der Waals surface area contributed by atoms with Crippen molar-refractivity contribution in [1.82, 2.24) is 0 Å². The van der Waals surface area contributed by atoms with E-state index < -0.39 is 16.9 Å². The van der Waals surface area contributed by atoms with Crippen LogP contribution in [0.2, 0.25) is 0 Å². The first-order chi connectivity index (χ1) is 5.09. The van der Waals surface area contributed by atoms with Crippen LogP contribution >= 0.6 is 0 Å². The molecule has 0 aromatic carbocycles. The van der Waals surface area contributed by atoms with Gasteiger partial charge < -0.3 is 5.73 Å². The lowest BCUT2D eigenvalue weighted by Gasteiger charge is -1.97. The van der Waals surface area contributed by atoms with Crippen LogP contribution in [0.4, 0.5) is 0 Å². The second kappa shape index (κ2) is 4.43. The largest absolute Gasteiger partial charge is 0.363 e. The molecule has 5 nitrogen and oxygen atoms in total. The average molecular weight is 158 g/mol. The van der Waals surface area contributed by atoms with Gasteiger partial charge in [-0.2, -0.15) is 0 Å². The number of amides is 1. The fourth-order valence-corrected chi connectivity index (χ4v) is 0.534. The van der Waals surface area contributed by atoms with Crippen LogP contribution in [-0.4, -0.2) is 16.9 Å². The van der Waals surface area contributed by atoms with Crippen molar-refractivity contribution in [2.45, 2.75) is 19.4 Å². The third-order valence-corrected chi connectivity index (χ3v) is 1.07. The molecule has 62 valence electrons. The van der Waals surface area contributed by atoms with Gasteiger partial charge in [0.1, 0.15) is 0 Å². The van der Waals surface area contributed by atoms with E-state index in [0.29, 0.717) is 6.42 Å². The van der Waals surface area contributed by atoms with E-state index in [1.54, 1.807) is 0 Å². The average Bonchev–Trinajstić information content (AvgIpc) is 1.87. The molecule has 5 heteroatoms. The van der Waals surface area contributed by atoms with Gasteiger partial charge in [0.25, 0.3) is 5.91 Å². The van der Waals surface area contributed by atoms with Crippen LogP contribution in [0.15, 0.2) is 12.2 Å². The van der Waals surface area contributed by atoms with Crippen LogP contribution in [0, 0.1) is 10.1 Å². The van der Waals surface area contributed by atoms with Gasteiger partial charge in [0.15, 0.2) is 0 Å². The molecule has 0 aliphatic rings. The summed E-state index contributed by atoms with van der Waals surface area (Å²) in [7, 11) is 0. The monoisotopic (exact) mass is 158 g/mol. The highest BCUT2D eigenvalue weighted by atomic mass is 16.6. The maximum Gasteiger partial charge on any atom is 0.307 e. The van der Waals surface area contributed by atoms with Crippen molar-refractivity contribution in [2.24, 2.45) is 5.73 Å². The smallest absolute Gasteiger partial charge is 0.307 e. The van der Waals surface area contributed by atoms with Gasteiger partial charge in [0, 0.05) is 4.92 Å². The number of hydrogen-bond acceptors (Lipinski definition) is 3. The Kier molecular flexibility index (Phi) is 3.87. The zero-order chi connectivity index (χ0) is 8.85. The first-order valence-corrected chi connectivity index (χ1v) is 3.19. The maximum absolute atomic E-state index is 10.4. The number of rotatable bonds is 4. The van der Waals surface area contributed by atoms with Gasteiger partial charge in [-0.3, -0.25) is 14.9 Å². The predicted molar refractivity (Wildman–Crippen MR) is 39.4 cm³/mol. The van der Waals surface area contributed by atoms with Crippen LogP contribution in [0.5, 0.6) is 0 Å². The summed E-state index contributed by atoms with van der Waals surface area (Å²) in [6.07, 6.45) is 3.39. The van der Waals surface area contributed by atoms with E-state index in [1.165, 1.54) is 12.2 Å². The summed E-state index contributed by atoms with van der Waals surface area (Å²) >= 11 is 0. The Labute approximate surface area is 64.0 Å². The lowest BCUT2D eigenvalue weighted by atomic mass is 10.2. The second-order valence-electron chi connectivity index (χ2n) is 1.97. The summed E-state index contributed by atoms with van der Waals surface area (Å²) in [6.45, 7) is 1.81. The molecule has 0 bridgehead atoms. The van der Waals surface area contributed by atoms with E-state index in [1.807, 2.05) is 6.92 Å². The Morgan fingerprint density at radius 1 is 1.82 bits per heavy atom. The van der Waals surface area contributed by atoms with Crippen molar-refractivity contribution in [3.63, 3.8) is 0 Å². The molecule has 0 aliphatic heterocycles. The normalized spacial score (nSPS) is 13.2. The van der Waals surface area contributed by atoms with Crippen LogP contribution in [0.25, 0.3) is 0 Å². The number of nitrogens with two attached hydrogens (primary N) is 1. The second-order valence-corrected chi connectivity index (χ2v) is 1.97. The minimum absolute atomic E-state index is 0.650. The van der Waals surface area contributed by atoms with Gasteiger partial charge in [-0.25, -0.2) is 0 Å². The topological polar surface area (TPSA) is 86.2 Å². The minimum atomic E-state index is -1.38. The summed E-state index contributed by atoms with van der Waals surface area (Å²) in [4.78, 5) is 19.8. The van der Waals surface area contributed by atoms with Crippen molar-refractivity contribution in [3.8, 4) is 0 Å². The van der Waals surface area contributed by atoms with E-state index in [4.69, 9.17) is 5.73 Å². The number of nitrogens with zero attached hydrogens (tertiary/aromatic N) is 1. The standard InChI is InChI=1S/C6H10N2O3/c1-2-3-4-5(6(7)9)8(10)11/h3-5H,2H2,1H3,(H2,7,9). The third-order valence-electron chi connectivity index (χ3n) is 1.07. The zero-order valence-corrected chi connectivity index (χ0v) is 6.19. The Balaban J connectivity index is 4.23. The van der Waals surface area contributed by atoms with Crippen LogP contribution in [0.1, 0.15) is 13.3 Å². The van der Waals surface area contributed by atoms with Gasteiger partial charge in [0.05, 0.1) is 0 Å². The minimum Gasteiger partial charge on any atom is -0.363 e. The SMILES string of the molecule is CCC=CC(C(N)=O)[N+](=O)[O-]. The Bertz CT molecular complexity index is 174. The highest BCUT2D eigenvalue weighted by Crippen LogP contribution is 1.92. The first kappa shape index (κ1) is 9.61. The summed E-state index contributed by atoms with van der Waals surface area (Å²) < 4.78 is 0. The Hall–Kier alpha value is -1.39. The molecular weight excluding hydrogens is 148 g/mol. The maximum atomic E-state index is 10.4. The molecule has 2 N–H and O–H groups in total. The predicted octanol–water partition coefficient (Wildman–Crippen LogP) is 0.0832. The fraction of sp³-hybridized carbons (Fsp3) is 0.500. The Morgan fingerprint density at radius 2 is 2.36 bits per heavy atom. The molecule has 1 atom stereocenters. The number of carbonyl (C=O) groups is 1. The molecule has 0 fully saturated rings. The number of primary amides is 1. The van der Waals surface area contributed by atoms with E-state index >= 15 is 0 Å². The summed E-state index contributed by atoms with van der Waals surface area (Å²) in [5.74, 6) is -0.931. The summed E-state index contributed by atoms with van der Waals surface area (Å²) in [5, 5.41) is 10.1. The van der Waals surface area contributed by atoms with Gasteiger partial charge in [-0.05, 0) is 12.5 Å². The highest BCUT2D eigenvalue weighted by Gasteiger charge is 2.22. The van der Waals surface area contributed by atoms with Crippen molar-refractivity contribution in [1.29, 1.82) is 0 Å². The lowest BCUT2D eigenvalue weighted by molar-refractivity contribution is -0.494. The molecule has 0 saturated carbocycles. The quantitative estimate of drug-likeness (QED) is 0.357. The molecule has 1 unspecified atom stereocenters. The first-order valence-electron chi connectivity index (χ1n) is 3.19. The molecule has 0 aromatic rings. The fourth-order valence-electron chi connectivity index (χ4n) is 0.534. The third kappa shape index (κ3) is 3.34. The van der Waals surface area contributed by atoms with Crippen molar-refractivity contribution >= 4 is 5.91 Å². The van der Waals surface area contributed by atoms with Gasteiger partial charge >= 0.3 is 6.04 Å². The van der Waals surface area contributed by atoms with E-state index in [2.05, 4.69) is 0 Å². The van der Waals surface area contributed by atoms with E-state index in [0.717, 1.165) is 0 Å². The van der Waals surface area contributed by atoms with Crippen molar-refractivity contribution in [2.75, 3.05) is 0 Å². The number of hydrogen-bond donors (Lipinski definition) is 1. The molecule has 0 rings (SSSR count).